The first kappa shape index (κ1) is 10.8. The summed E-state index contributed by atoms with van der Waals surface area (Å²) in [5, 5.41) is 0. The number of aromatic nitrogens is 1. The molecule has 2 heterocycles. The van der Waals surface area contributed by atoms with Crippen molar-refractivity contribution in [1.29, 1.82) is 0 Å². The molecule has 0 atom stereocenters. The van der Waals surface area contributed by atoms with Gasteiger partial charge in [-0.25, -0.2) is 0 Å². The van der Waals surface area contributed by atoms with E-state index in [-0.39, 0.29) is 5.91 Å². The maximum atomic E-state index is 12.2. The van der Waals surface area contributed by atoms with Gasteiger partial charge in [0.1, 0.15) is 0 Å². The molecule has 3 rings (SSSR count). The maximum absolute atomic E-state index is 12.2. The monoisotopic (exact) mass is 239 g/mol. The number of pyridine rings is 1. The van der Waals surface area contributed by atoms with E-state index in [4.69, 9.17) is 5.73 Å². The average Bonchev–Trinajstić information content (AvgIpc) is 2.67. The number of fused-ring (bicyclic) bond motifs is 1. The average molecular weight is 239 g/mol. The lowest BCUT2D eigenvalue weighted by Crippen LogP contribution is -2.23. The number of benzene rings is 1. The normalized spacial score (nSPS) is 13.8. The molecule has 4 nitrogen and oxygen atoms in total. The largest absolute Gasteiger partial charge is 0.399 e. The summed E-state index contributed by atoms with van der Waals surface area (Å²) in [4.78, 5) is 18.2. The molecule has 2 N–H and O–H groups in total. The fraction of sp³-hybridized carbons (Fsp3) is 0.143. The molecule has 1 aromatic carbocycles. The highest BCUT2D eigenvalue weighted by atomic mass is 16.2. The Balaban J connectivity index is 1.84. The second-order valence-corrected chi connectivity index (χ2v) is 4.40. The molecule has 0 bridgehead atoms. The van der Waals surface area contributed by atoms with Gasteiger partial charge < -0.3 is 10.6 Å². The number of carbonyl (C=O) groups is 1. The Morgan fingerprint density at radius 1 is 1.28 bits per heavy atom. The Labute approximate surface area is 105 Å². The van der Waals surface area contributed by atoms with Crippen LogP contribution in [0.4, 0.5) is 5.69 Å². The minimum atomic E-state index is 0.0515. The molecule has 4 heteroatoms. The highest BCUT2D eigenvalue weighted by molar-refractivity contribution is 5.98. The van der Waals surface area contributed by atoms with Crippen molar-refractivity contribution in [2.24, 2.45) is 0 Å². The molecule has 0 radical (unpaired) electrons. The van der Waals surface area contributed by atoms with Crippen LogP contribution in [-0.2, 0) is 13.1 Å². The predicted octanol–water partition coefficient (Wildman–Crippen LogP) is 1.82. The SMILES string of the molecule is Nc1ccc2c(c1)CN(Cc1ccccn1)C2=O. The minimum Gasteiger partial charge on any atom is -0.399 e. The van der Waals surface area contributed by atoms with E-state index in [2.05, 4.69) is 4.98 Å². The van der Waals surface area contributed by atoms with Gasteiger partial charge in [-0.05, 0) is 35.9 Å². The van der Waals surface area contributed by atoms with Gasteiger partial charge in [0.2, 0.25) is 0 Å². The van der Waals surface area contributed by atoms with Gasteiger partial charge in [0.05, 0.1) is 12.2 Å². The van der Waals surface area contributed by atoms with E-state index in [0.29, 0.717) is 18.8 Å². The van der Waals surface area contributed by atoms with Crippen molar-refractivity contribution >= 4 is 11.6 Å². The second-order valence-electron chi connectivity index (χ2n) is 4.40. The van der Waals surface area contributed by atoms with Crippen LogP contribution >= 0.6 is 0 Å². The van der Waals surface area contributed by atoms with E-state index in [1.165, 1.54) is 0 Å². The van der Waals surface area contributed by atoms with E-state index >= 15 is 0 Å². The molecule has 2 aromatic rings. The Kier molecular flexibility index (Phi) is 2.48. The smallest absolute Gasteiger partial charge is 0.254 e. The molecular formula is C14H13N3O. The van der Waals surface area contributed by atoms with E-state index in [0.717, 1.165) is 16.8 Å². The maximum Gasteiger partial charge on any atom is 0.254 e. The number of rotatable bonds is 2. The molecule has 0 aliphatic carbocycles. The Hall–Kier alpha value is -2.36. The lowest BCUT2D eigenvalue weighted by atomic mass is 10.1. The molecule has 18 heavy (non-hydrogen) atoms. The summed E-state index contributed by atoms with van der Waals surface area (Å²) in [5.74, 6) is 0.0515. The summed E-state index contributed by atoms with van der Waals surface area (Å²) in [6, 6.07) is 11.1. The number of hydrogen-bond acceptors (Lipinski definition) is 3. The van der Waals surface area contributed by atoms with Crippen LogP contribution in [0.15, 0.2) is 42.6 Å². The molecule has 1 aromatic heterocycles. The van der Waals surface area contributed by atoms with Gasteiger partial charge >= 0.3 is 0 Å². The van der Waals surface area contributed by atoms with Gasteiger partial charge in [0.15, 0.2) is 0 Å². The molecule has 0 fully saturated rings. The molecule has 1 amide bonds. The molecule has 1 aliphatic rings. The standard InChI is InChI=1S/C14H13N3O/c15-11-4-5-13-10(7-11)8-17(14(13)18)9-12-3-1-2-6-16-12/h1-7H,8-9,15H2. The highest BCUT2D eigenvalue weighted by Gasteiger charge is 2.27. The number of nitrogen functional groups attached to an aromatic ring is 1. The first-order valence-corrected chi connectivity index (χ1v) is 5.81. The summed E-state index contributed by atoms with van der Waals surface area (Å²) in [6.07, 6.45) is 1.74. The van der Waals surface area contributed by atoms with E-state index in [1.54, 1.807) is 23.2 Å². The summed E-state index contributed by atoms with van der Waals surface area (Å²) >= 11 is 0. The van der Waals surface area contributed by atoms with Crippen molar-refractivity contribution in [3.05, 3.63) is 59.4 Å². The Morgan fingerprint density at radius 2 is 2.17 bits per heavy atom. The van der Waals surface area contributed by atoms with Crippen LogP contribution in [0.25, 0.3) is 0 Å². The first-order chi connectivity index (χ1) is 8.74. The van der Waals surface area contributed by atoms with Gasteiger partial charge in [-0.2, -0.15) is 0 Å². The topological polar surface area (TPSA) is 59.2 Å². The zero-order valence-electron chi connectivity index (χ0n) is 9.84. The molecule has 0 saturated heterocycles. The third-order valence-corrected chi connectivity index (χ3v) is 3.09. The second kappa shape index (κ2) is 4.14. The number of anilines is 1. The fourth-order valence-corrected chi connectivity index (χ4v) is 2.22. The quantitative estimate of drug-likeness (QED) is 0.813. The predicted molar refractivity (Wildman–Crippen MR) is 68.7 cm³/mol. The Bertz CT molecular complexity index is 595. The van der Waals surface area contributed by atoms with Crippen LogP contribution in [0.2, 0.25) is 0 Å². The summed E-state index contributed by atoms with van der Waals surface area (Å²) in [5.41, 5.74) is 9.07. The molecule has 1 aliphatic heterocycles. The van der Waals surface area contributed by atoms with Crippen molar-refractivity contribution in [2.75, 3.05) is 5.73 Å². The van der Waals surface area contributed by atoms with Gasteiger partial charge in [-0.1, -0.05) is 6.07 Å². The lowest BCUT2D eigenvalue weighted by Gasteiger charge is -2.14. The van der Waals surface area contributed by atoms with E-state index in [9.17, 15) is 4.79 Å². The number of hydrogen-bond donors (Lipinski definition) is 1. The fourth-order valence-electron chi connectivity index (χ4n) is 2.22. The van der Waals surface area contributed by atoms with Crippen LogP contribution in [0.3, 0.4) is 0 Å². The van der Waals surface area contributed by atoms with Crippen molar-refractivity contribution in [2.45, 2.75) is 13.1 Å². The molecule has 0 unspecified atom stereocenters. The molecule has 0 saturated carbocycles. The summed E-state index contributed by atoms with van der Waals surface area (Å²) < 4.78 is 0. The third-order valence-electron chi connectivity index (χ3n) is 3.09. The van der Waals surface area contributed by atoms with Crippen LogP contribution in [0.5, 0.6) is 0 Å². The van der Waals surface area contributed by atoms with Gasteiger partial charge in [-0.3, -0.25) is 9.78 Å². The van der Waals surface area contributed by atoms with Crippen molar-refractivity contribution in [3.63, 3.8) is 0 Å². The van der Waals surface area contributed by atoms with Crippen molar-refractivity contribution < 1.29 is 4.79 Å². The van der Waals surface area contributed by atoms with Crippen molar-refractivity contribution in [1.82, 2.24) is 9.88 Å². The Morgan fingerprint density at radius 3 is 2.94 bits per heavy atom. The van der Waals surface area contributed by atoms with E-state index < -0.39 is 0 Å². The number of nitrogens with two attached hydrogens (primary N) is 1. The van der Waals surface area contributed by atoms with Crippen LogP contribution < -0.4 is 5.73 Å². The molecular weight excluding hydrogens is 226 g/mol. The van der Waals surface area contributed by atoms with Crippen molar-refractivity contribution in [3.8, 4) is 0 Å². The minimum absolute atomic E-state index is 0.0515. The zero-order valence-corrected chi connectivity index (χ0v) is 9.84. The highest BCUT2D eigenvalue weighted by Crippen LogP contribution is 2.25. The summed E-state index contributed by atoms with van der Waals surface area (Å²) in [6.45, 7) is 1.14. The van der Waals surface area contributed by atoms with Crippen LogP contribution in [0, 0.1) is 0 Å². The number of amides is 1. The number of carbonyl (C=O) groups excluding carboxylic acids is 1. The van der Waals surface area contributed by atoms with E-state index in [1.807, 2.05) is 24.3 Å². The zero-order chi connectivity index (χ0) is 12.5. The molecule has 0 spiro atoms. The van der Waals surface area contributed by atoms with Crippen LogP contribution in [0.1, 0.15) is 21.6 Å². The lowest BCUT2D eigenvalue weighted by molar-refractivity contribution is 0.0764. The van der Waals surface area contributed by atoms with Gasteiger partial charge in [0, 0.05) is 24.0 Å². The molecule has 90 valence electrons. The van der Waals surface area contributed by atoms with Crippen LogP contribution in [-0.4, -0.2) is 15.8 Å². The number of nitrogens with zero attached hydrogens (tertiary/aromatic N) is 2. The van der Waals surface area contributed by atoms with Gasteiger partial charge in [-0.15, -0.1) is 0 Å². The third kappa shape index (κ3) is 1.82. The van der Waals surface area contributed by atoms with Gasteiger partial charge in [0.25, 0.3) is 5.91 Å². The summed E-state index contributed by atoms with van der Waals surface area (Å²) in [7, 11) is 0. The first-order valence-electron chi connectivity index (χ1n) is 5.81.